The molecular formula is C10H18N2O4. The third-order valence-electron chi connectivity index (χ3n) is 2.86. The first-order valence-corrected chi connectivity index (χ1v) is 5.31. The summed E-state index contributed by atoms with van der Waals surface area (Å²) < 4.78 is 0. The number of carbonyl (C=O) groups is 2. The molecule has 0 bridgehead atoms. The summed E-state index contributed by atoms with van der Waals surface area (Å²) in [5.74, 6) is -0.112. The average molecular weight is 230 g/mol. The number of carbonyl (C=O) groups excluding carboxylic acids is 1. The van der Waals surface area contributed by atoms with Crippen molar-refractivity contribution in [3.63, 3.8) is 0 Å². The highest BCUT2D eigenvalue weighted by Gasteiger charge is 2.34. The number of carboxylic acids is 1. The van der Waals surface area contributed by atoms with Gasteiger partial charge in [0.05, 0.1) is 6.54 Å². The van der Waals surface area contributed by atoms with Crippen LogP contribution in [0.3, 0.4) is 0 Å². The van der Waals surface area contributed by atoms with Crippen LogP contribution in [0.15, 0.2) is 0 Å². The Kier molecular flexibility index (Phi) is 4.12. The predicted octanol–water partition coefficient (Wildman–Crippen LogP) is -0.271. The molecule has 6 nitrogen and oxygen atoms in total. The summed E-state index contributed by atoms with van der Waals surface area (Å²) in [5, 5.41) is 19.7. The number of nitrogens with zero attached hydrogens (tertiary/aromatic N) is 1. The largest absolute Gasteiger partial charge is 0.479 e. The van der Waals surface area contributed by atoms with Gasteiger partial charge in [-0.1, -0.05) is 6.92 Å². The molecule has 92 valence electrons. The van der Waals surface area contributed by atoms with E-state index in [1.165, 1.54) is 4.90 Å². The molecule has 0 aromatic heterocycles. The van der Waals surface area contributed by atoms with Gasteiger partial charge in [-0.3, -0.25) is 0 Å². The van der Waals surface area contributed by atoms with E-state index in [0.29, 0.717) is 18.4 Å². The summed E-state index contributed by atoms with van der Waals surface area (Å²) in [5.41, 5.74) is 0. The van der Waals surface area contributed by atoms with Crippen molar-refractivity contribution >= 4 is 12.0 Å². The zero-order valence-electron chi connectivity index (χ0n) is 9.51. The molecule has 16 heavy (non-hydrogen) atoms. The number of aliphatic hydroxyl groups excluding tert-OH is 1. The SMILES string of the molecule is CC1CC1CN(C)C(=O)NC[C@H](O)C(=O)O. The lowest BCUT2D eigenvalue weighted by atomic mass is 10.3. The van der Waals surface area contributed by atoms with Crippen LogP contribution in [-0.2, 0) is 4.79 Å². The molecule has 0 aromatic rings. The standard InChI is InChI=1S/C10H18N2O4/c1-6-3-7(6)5-12(2)10(16)11-4-8(13)9(14)15/h6-8,13H,3-5H2,1-2H3,(H,11,16)(H,14,15)/t6?,7?,8-/m0/s1. The fraction of sp³-hybridized carbons (Fsp3) is 0.800. The van der Waals surface area contributed by atoms with Crippen LogP contribution < -0.4 is 5.32 Å². The van der Waals surface area contributed by atoms with Crippen LogP contribution in [0, 0.1) is 11.8 Å². The maximum atomic E-state index is 11.5. The molecule has 2 amide bonds. The van der Waals surface area contributed by atoms with Crippen molar-refractivity contribution in [3.05, 3.63) is 0 Å². The number of urea groups is 1. The molecule has 1 fully saturated rings. The summed E-state index contributed by atoms with van der Waals surface area (Å²) >= 11 is 0. The number of rotatable bonds is 5. The van der Waals surface area contributed by atoms with Gasteiger partial charge < -0.3 is 20.4 Å². The maximum Gasteiger partial charge on any atom is 0.334 e. The first-order valence-electron chi connectivity index (χ1n) is 5.31. The molecule has 1 rings (SSSR count). The molecule has 3 atom stereocenters. The Morgan fingerprint density at radius 1 is 1.56 bits per heavy atom. The quantitative estimate of drug-likeness (QED) is 0.606. The molecular weight excluding hydrogens is 212 g/mol. The van der Waals surface area contributed by atoms with Crippen molar-refractivity contribution in [1.82, 2.24) is 10.2 Å². The highest BCUT2D eigenvalue weighted by molar-refractivity contribution is 5.76. The van der Waals surface area contributed by atoms with Gasteiger partial charge in [-0.2, -0.15) is 0 Å². The van der Waals surface area contributed by atoms with Crippen molar-refractivity contribution in [2.45, 2.75) is 19.4 Å². The normalized spacial score (nSPS) is 24.7. The lowest BCUT2D eigenvalue weighted by Gasteiger charge is -2.18. The molecule has 1 aliphatic rings. The number of nitrogens with one attached hydrogen (secondary N) is 1. The second kappa shape index (κ2) is 5.16. The minimum Gasteiger partial charge on any atom is -0.479 e. The van der Waals surface area contributed by atoms with Crippen molar-refractivity contribution < 1.29 is 19.8 Å². The highest BCUT2D eigenvalue weighted by Crippen LogP contribution is 2.37. The van der Waals surface area contributed by atoms with Gasteiger partial charge in [0.2, 0.25) is 0 Å². The lowest BCUT2D eigenvalue weighted by molar-refractivity contribution is -0.146. The molecule has 0 radical (unpaired) electrons. The Hall–Kier alpha value is -1.30. The summed E-state index contributed by atoms with van der Waals surface area (Å²) in [4.78, 5) is 23.3. The minimum atomic E-state index is -1.54. The molecule has 0 aliphatic heterocycles. The van der Waals surface area contributed by atoms with Gasteiger partial charge in [0.1, 0.15) is 0 Å². The van der Waals surface area contributed by atoms with E-state index < -0.39 is 12.1 Å². The van der Waals surface area contributed by atoms with Gasteiger partial charge in [-0.25, -0.2) is 9.59 Å². The fourth-order valence-corrected chi connectivity index (χ4v) is 1.49. The third kappa shape index (κ3) is 3.69. The van der Waals surface area contributed by atoms with Crippen molar-refractivity contribution in [3.8, 4) is 0 Å². The number of hydrogen-bond donors (Lipinski definition) is 3. The number of amides is 2. The number of aliphatic carboxylic acids is 1. The number of carboxylic acid groups (broad SMARTS) is 1. The van der Waals surface area contributed by atoms with Crippen LogP contribution >= 0.6 is 0 Å². The molecule has 1 saturated carbocycles. The first-order chi connectivity index (χ1) is 7.41. The van der Waals surface area contributed by atoms with E-state index in [0.717, 1.165) is 6.42 Å². The smallest absolute Gasteiger partial charge is 0.334 e. The van der Waals surface area contributed by atoms with Gasteiger partial charge in [0, 0.05) is 13.6 Å². The van der Waals surface area contributed by atoms with Crippen molar-refractivity contribution in [1.29, 1.82) is 0 Å². The van der Waals surface area contributed by atoms with E-state index in [2.05, 4.69) is 12.2 Å². The Balaban J connectivity index is 2.21. The summed E-state index contributed by atoms with van der Waals surface area (Å²) in [6.45, 7) is 2.54. The van der Waals surface area contributed by atoms with Gasteiger partial charge in [0.15, 0.2) is 6.10 Å². The van der Waals surface area contributed by atoms with Gasteiger partial charge in [-0.15, -0.1) is 0 Å². The summed E-state index contributed by atoms with van der Waals surface area (Å²) in [6.07, 6.45) is -0.410. The molecule has 0 spiro atoms. The monoisotopic (exact) mass is 230 g/mol. The van der Waals surface area contributed by atoms with Gasteiger partial charge >= 0.3 is 12.0 Å². The van der Waals surface area contributed by atoms with Crippen LogP contribution in [0.2, 0.25) is 0 Å². The second-order valence-corrected chi connectivity index (χ2v) is 4.39. The lowest BCUT2D eigenvalue weighted by Crippen LogP contribution is -2.43. The molecule has 1 aliphatic carbocycles. The molecule has 0 saturated heterocycles. The van der Waals surface area contributed by atoms with E-state index in [4.69, 9.17) is 10.2 Å². The topological polar surface area (TPSA) is 89.9 Å². The molecule has 2 unspecified atom stereocenters. The third-order valence-corrected chi connectivity index (χ3v) is 2.86. The van der Waals surface area contributed by atoms with E-state index in [1.807, 2.05) is 0 Å². The Morgan fingerprint density at radius 3 is 2.56 bits per heavy atom. The molecule has 3 N–H and O–H groups in total. The van der Waals surface area contributed by atoms with Crippen LogP contribution in [0.4, 0.5) is 4.79 Å². The molecule has 0 aromatic carbocycles. The van der Waals surface area contributed by atoms with Crippen LogP contribution in [0.25, 0.3) is 0 Å². The second-order valence-electron chi connectivity index (χ2n) is 4.39. The predicted molar refractivity (Wildman–Crippen MR) is 56.9 cm³/mol. The molecule has 0 heterocycles. The maximum absolute atomic E-state index is 11.5. The molecule has 6 heteroatoms. The zero-order valence-corrected chi connectivity index (χ0v) is 9.51. The fourth-order valence-electron chi connectivity index (χ4n) is 1.49. The van der Waals surface area contributed by atoms with Gasteiger partial charge in [0.25, 0.3) is 0 Å². The summed E-state index contributed by atoms with van der Waals surface area (Å²) in [7, 11) is 1.66. The van der Waals surface area contributed by atoms with Gasteiger partial charge in [-0.05, 0) is 18.3 Å². The van der Waals surface area contributed by atoms with E-state index in [-0.39, 0.29) is 12.6 Å². The number of aliphatic hydroxyl groups is 1. The first kappa shape index (κ1) is 12.8. The average Bonchev–Trinajstić information content (AvgIpc) is 2.89. The van der Waals surface area contributed by atoms with E-state index >= 15 is 0 Å². The van der Waals surface area contributed by atoms with Crippen LogP contribution in [-0.4, -0.2) is 53.4 Å². The van der Waals surface area contributed by atoms with E-state index in [9.17, 15) is 9.59 Å². The Labute approximate surface area is 94.2 Å². The van der Waals surface area contributed by atoms with Crippen molar-refractivity contribution in [2.24, 2.45) is 11.8 Å². The van der Waals surface area contributed by atoms with Crippen LogP contribution in [0.1, 0.15) is 13.3 Å². The summed E-state index contributed by atoms with van der Waals surface area (Å²) in [6, 6.07) is -0.348. The van der Waals surface area contributed by atoms with Crippen LogP contribution in [0.5, 0.6) is 0 Å². The number of hydrogen-bond acceptors (Lipinski definition) is 3. The van der Waals surface area contributed by atoms with Crippen molar-refractivity contribution in [2.75, 3.05) is 20.1 Å². The highest BCUT2D eigenvalue weighted by atomic mass is 16.4. The Bertz CT molecular complexity index is 282. The zero-order chi connectivity index (χ0) is 12.3. The Morgan fingerprint density at radius 2 is 2.12 bits per heavy atom. The van der Waals surface area contributed by atoms with E-state index in [1.54, 1.807) is 7.05 Å². The minimum absolute atomic E-state index is 0.265.